The maximum Gasteiger partial charge on any atom is 0.268 e. The standard InChI is InChI=1S/C8H16Br2O5S2/c1-16(11,12)6-3-8(10)7-17(13,14)15-5-2-4-9/h8H,2-7H2,1H3. The average molecular weight is 416 g/mol. The Morgan fingerprint density at radius 2 is 1.82 bits per heavy atom. The lowest BCUT2D eigenvalue weighted by Crippen LogP contribution is -2.21. The molecular weight excluding hydrogens is 400 g/mol. The number of halogens is 2. The summed E-state index contributed by atoms with van der Waals surface area (Å²) in [7, 11) is -6.65. The minimum atomic E-state index is -3.58. The van der Waals surface area contributed by atoms with Gasteiger partial charge in [-0.3, -0.25) is 4.18 Å². The van der Waals surface area contributed by atoms with Crippen molar-refractivity contribution in [3.05, 3.63) is 0 Å². The van der Waals surface area contributed by atoms with Crippen LogP contribution in [0.15, 0.2) is 0 Å². The Hall–Kier alpha value is 0.820. The third kappa shape index (κ3) is 11.6. The van der Waals surface area contributed by atoms with E-state index < -0.39 is 24.8 Å². The van der Waals surface area contributed by atoms with Crippen molar-refractivity contribution in [1.29, 1.82) is 0 Å². The van der Waals surface area contributed by atoms with Gasteiger partial charge in [-0.25, -0.2) is 8.42 Å². The van der Waals surface area contributed by atoms with Crippen LogP contribution in [0.5, 0.6) is 0 Å². The van der Waals surface area contributed by atoms with Gasteiger partial charge in [0.25, 0.3) is 10.1 Å². The summed E-state index contributed by atoms with van der Waals surface area (Å²) in [5.74, 6) is -0.259. The molecule has 0 heterocycles. The Balaban J connectivity index is 4.05. The predicted octanol–water partition coefficient (Wildman–Crippen LogP) is 1.32. The number of hydrogen-bond donors (Lipinski definition) is 0. The lowest BCUT2D eigenvalue weighted by atomic mass is 10.4. The molecule has 0 aromatic carbocycles. The Kier molecular flexibility index (Phi) is 8.47. The van der Waals surface area contributed by atoms with Crippen LogP contribution in [0, 0.1) is 0 Å². The van der Waals surface area contributed by atoms with E-state index in [2.05, 4.69) is 31.9 Å². The van der Waals surface area contributed by atoms with Gasteiger partial charge in [-0.1, -0.05) is 31.9 Å². The van der Waals surface area contributed by atoms with E-state index in [0.29, 0.717) is 11.8 Å². The molecule has 0 bridgehead atoms. The topological polar surface area (TPSA) is 77.5 Å². The second kappa shape index (κ2) is 8.08. The van der Waals surface area contributed by atoms with Crippen LogP contribution in [0.1, 0.15) is 12.8 Å². The van der Waals surface area contributed by atoms with E-state index in [1.807, 2.05) is 0 Å². The number of sulfone groups is 1. The van der Waals surface area contributed by atoms with Crippen molar-refractivity contribution in [3.8, 4) is 0 Å². The fraction of sp³-hybridized carbons (Fsp3) is 1.00. The molecular formula is C8H16Br2O5S2. The van der Waals surface area contributed by atoms with Crippen LogP contribution in [0.25, 0.3) is 0 Å². The first kappa shape index (κ1) is 17.8. The fourth-order valence-corrected chi connectivity index (χ4v) is 4.46. The molecule has 0 aliphatic rings. The molecule has 0 aliphatic carbocycles. The molecule has 0 aromatic rings. The van der Waals surface area contributed by atoms with Crippen molar-refractivity contribution in [2.24, 2.45) is 0 Å². The van der Waals surface area contributed by atoms with Crippen LogP contribution in [0.2, 0.25) is 0 Å². The molecule has 17 heavy (non-hydrogen) atoms. The van der Waals surface area contributed by atoms with Gasteiger partial charge in [0.15, 0.2) is 0 Å². The highest BCUT2D eigenvalue weighted by molar-refractivity contribution is 9.09. The van der Waals surface area contributed by atoms with Crippen molar-refractivity contribution in [1.82, 2.24) is 0 Å². The molecule has 5 nitrogen and oxygen atoms in total. The van der Waals surface area contributed by atoms with Gasteiger partial charge in [0, 0.05) is 16.4 Å². The molecule has 0 aliphatic heterocycles. The van der Waals surface area contributed by atoms with Gasteiger partial charge in [-0.15, -0.1) is 0 Å². The molecule has 0 amide bonds. The molecule has 1 unspecified atom stereocenters. The molecule has 0 aromatic heterocycles. The Bertz CT molecular complexity index is 404. The summed E-state index contributed by atoms with van der Waals surface area (Å²) in [6.45, 7) is 0.138. The summed E-state index contributed by atoms with van der Waals surface area (Å²) in [4.78, 5) is -0.411. The lowest BCUT2D eigenvalue weighted by molar-refractivity contribution is 0.319. The number of hydrogen-bond acceptors (Lipinski definition) is 5. The van der Waals surface area contributed by atoms with Crippen LogP contribution >= 0.6 is 31.9 Å². The van der Waals surface area contributed by atoms with E-state index in [9.17, 15) is 16.8 Å². The van der Waals surface area contributed by atoms with Crippen LogP contribution in [-0.4, -0.2) is 51.4 Å². The molecule has 0 radical (unpaired) electrons. The minimum absolute atomic E-state index is 0.0418. The molecule has 9 heteroatoms. The van der Waals surface area contributed by atoms with E-state index in [-0.39, 0.29) is 24.5 Å². The third-order valence-electron chi connectivity index (χ3n) is 1.73. The molecule has 104 valence electrons. The van der Waals surface area contributed by atoms with Gasteiger partial charge < -0.3 is 0 Å². The highest BCUT2D eigenvalue weighted by atomic mass is 79.9. The van der Waals surface area contributed by atoms with Crippen LogP contribution < -0.4 is 0 Å². The first-order chi connectivity index (χ1) is 7.66. The minimum Gasteiger partial charge on any atom is -0.270 e. The van der Waals surface area contributed by atoms with Crippen molar-refractivity contribution in [2.75, 3.05) is 29.7 Å². The quantitative estimate of drug-likeness (QED) is 0.322. The number of rotatable bonds is 9. The highest BCUT2D eigenvalue weighted by Gasteiger charge is 2.19. The first-order valence-electron chi connectivity index (χ1n) is 4.91. The van der Waals surface area contributed by atoms with Gasteiger partial charge >= 0.3 is 0 Å². The lowest BCUT2D eigenvalue weighted by Gasteiger charge is -2.09. The highest BCUT2D eigenvalue weighted by Crippen LogP contribution is 2.11. The summed E-state index contributed by atoms with van der Waals surface area (Å²) in [6.07, 6.45) is 1.98. The second-order valence-electron chi connectivity index (χ2n) is 3.60. The zero-order chi connectivity index (χ0) is 13.5. The summed E-state index contributed by atoms with van der Waals surface area (Å²) >= 11 is 6.31. The first-order valence-corrected chi connectivity index (χ1v) is 10.6. The maximum atomic E-state index is 11.4. The Morgan fingerprint density at radius 1 is 1.24 bits per heavy atom. The largest absolute Gasteiger partial charge is 0.270 e. The SMILES string of the molecule is CS(=O)(=O)CCC(Br)CS(=O)(=O)OCCCBr. The van der Waals surface area contributed by atoms with Gasteiger partial charge in [0.05, 0.1) is 18.1 Å². The molecule has 0 saturated carbocycles. The van der Waals surface area contributed by atoms with Crippen LogP contribution in [0.3, 0.4) is 0 Å². The molecule has 0 saturated heterocycles. The van der Waals surface area contributed by atoms with Gasteiger partial charge in [0.1, 0.15) is 9.84 Å². The van der Waals surface area contributed by atoms with Crippen molar-refractivity contribution < 1.29 is 21.0 Å². The smallest absolute Gasteiger partial charge is 0.268 e. The monoisotopic (exact) mass is 414 g/mol. The van der Waals surface area contributed by atoms with E-state index in [1.165, 1.54) is 0 Å². The Labute approximate surface area is 120 Å². The van der Waals surface area contributed by atoms with E-state index in [4.69, 9.17) is 4.18 Å². The van der Waals surface area contributed by atoms with E-state index >= 15 is 0 Å². The second-order valence-corrected chi connectivity index (χ2v) is 9.64. The van der Waals surface area contributed by atoms with E-state index in [0.717, 1.165) is 6.26 Å². The summed E-state index contributed by atoms with van der Waals surface area (Å²) < 4.78 is 49.4. The van der Waals surface area contributed by atoms with Gasteiger partial charge in [0.2, 0.25) is 0 Å². The number of alkyl halides is 2. The molecule has 0 N–H and O–H groups in total. The van der Waals surface area contributed by atoms with Crippen LogP contribution in [0.4, 0.5) is 0 Å². The molecule has 0 fully saturated rings. The third-order valence-corrected chi connectivity index (χ3v) is 5.81. The van der Waals surface area contributed by atoms with Crippen molar-refractivity contribution in [3.63, 3.8) is 0 Å². The zero-order valence-corrected chi connectivity index (χ0v) is 14.2. The van der Waals surface area contributed by atoms with Gasteiger partial charge in [-0.05, 0) is 12.8 Å². The van der Waals surface area contributed by atoms with Crippen molar-refractivity contribution >= 4 is 51.8 Å². The summed E-state index contributed by atoms with van der Waals surface area (Å²) in [6, 6.07) is 0. The average Bonchev–Trinajstić information content (AvgIpc) is 2.13. The maximum absolute atomic E-state index is 11.4. The molecule has 0 spiro atoms. The zero-order valence-electron chi connectivity index (χ0n) is 9.43. The normalized spacial score (nSPS) is 14.8. The fourth-order valence-electron chi connectivity index (χ4n) is 0.935. The summed E-state index contributed by atoms with van der Waals surface area (Å²) in [5.41, 5.74) is 0. The van der Waals surface area contributed by atoms with Crippen molar-refractivity contribution in [2.45, 2.75) is 17.7 Å². The summed E-state index contributed by atoms with van der Waals surface area (Å²) in [5, 5.41) is 0.675. The Morgan fingerprint density at radius 3 is 2.29 bits per heavy atom. The molecule has 1 atom stereocenters. The van der Waals surface area contributed by atoms with Crippen LogP contribution in [-0.2, 0) is 24.1 Å². The van der Waals surface area contributed by atoms with Gasteiger partial charge in [-0.2, -0.15) is 8.42 Å². The predicted molar refractivity (Wildman–Crippen MR) is 75.2 cm³/mol. The molecule has 0 rings (SSSR count). The van der Waals surface area contributed by atoms with E-state index in [1.54, 1.807) is 0 Å².